The molecule has 7 nitrogen and oxygen atoms in total. The predicted octanol–water partition coefficient (Wildman–Crippen LogP) is 3.51. The van der Waals surface area contributed by atoms with Crippen molar-refractivity contribution in [3.63, 3.8) is 0 Å². The van der Waals surface area contributed by atoms with Crippen LogP contribution in [0.15, 0.2) is 53.0 Å². The summed E-state index contributed by atoms with van der Waals surface area (Å²) in [5.74, 6) is -0.695. The molecule has 33 heavy (non-hydrogen) atoms. The summed E-state index contributed by atoms with van der Waals surface area (Å²) in [6.07, 6.45) is 2.40. The number of aryl methyl sites for hydroxylation is 1. The molecule has 2 amide bonds. The van der Waals surface area contributed by atoms with Crippen molar-refractivity contribution in [3.05, 3.63) is 64.1 Å². The van der Waals surface area contributed by atoms with Gasteiger partial charge in [-0.05, 0) is 56.0 Å². The summed E-state index contributed by atoms with van der Waals surface area (Å²) >= 11 is 3.41. The van der Waals surface area contributed by atoms with Crippen LogP contribution in [0.3, 0.4) is 0 Å². The van der Waals surface area contributed by atoms with Gasteiger partial charge < -0.3 is 10.2 Å². The van der Waals surface area contributed by atoms with Crippen molar-refractivity contribution in [2.24, 2.45) is 0 Å². The topological polar surface area (TPSA) is 86.8 Å². The number of hydrogen-bond donors (Lipinski definition) is 1. The molecule has 0 aliphatic carbocycles. The monoisotopic (exact) mass is 537 g/mol. The van der Waals surface area contributed by atoms with Gasteiger partial charge in [0.15, 0.2) is 0 Å². The van der Waals surface area contributed by atoms with Gasteiger partial charge in [-0.25, -0.2) is 8.42 Å². The van der Waals surface area contributed by atoms with Gasteiger partial charge >= 0.3 is 0 Å². The highest BCUT2D eigenvalue weighted by Gasteiger charge is 2.29. The number of sulfonamides is 1. The van der Waals surface area contributed by atoms with Crippen LogP contribution in [0.5, 0.6) is 0 Å². The largest absolute Gasteiger partial charge is 0.354 e. The van der Waals surface area contributed by atoms with Gasteiger partial charge in [0.05, 0.1) is 11.9 Å². The third-order valence-corrected chi connectivity index (χ3v) is 7.34. The molecule has 1 atom stereocenters. The number of halogens is 1. The molecular weight excluding hydrogens is 506 g/mol. The zero-order valence-corrected chi connectivity index (χ0v) is 21.9. The molecule has 0 radical (unpaired) electrons. The summed E-state index contributed by atoms with van der Waals surface area (Å²) in [7, 11) is -3.73. The van der Waals surface area contributed by atoms with Crippen LogP contribution in [-0.2, 0) is 26.0 Å². The van der Waals surface area contributed by atoms with E-state index in [2.05, 4.69) is 21.2 Å². The maximum Gasteiger partial charge on any atom is 0.244 e. The Labute approximate surface area is 205 Å². The van der Waals surface area contributed by atoms with E-state index < -0.39 is 22.0 Å². The van der Waals surface area contributed by atoms with E-state index in [0.29, 0.717) is 25.2 Å². The van der Waals surface area contributed by atoms with Gasteiger partial charge in [0, 0.05) is 17.6 Å². The Hall–Kier alpha value is -2.39. The molecule has 0 fully saturated rings. The quantitative estimate of drug-likeness (QED) is 0.475. The molecule has 0 aliphatic rings. The SMILES string of the molecule is CCCNC(=O)C(C)N(CCc1ccccc1)C(=O)CN(c1ccc(Br)c(C)c1)S(C)(=O)=O. The number of nitrogens with one attached hydrogen (secondary N) is 1. The second-order valence-electron chi connectivity index (χ2n) is 7.99. The average molecular weight is 539 g/mol. The van der Waals surface area contributed by atoms with E-state index in [-0.39, 0.29) is 12.5 Å². The predicted molar refractivity (Wildman–Crippen MR) is 136 cm³/mol. The lowest BCUT2D eigenvalue weighted by Gasteiger charge is -2.31. The van der Waals surface area contributed by atoms with E-state index in [1.165, 1.54) is 4.90 Å². The van der Waals surface area contributed by atoms with Gasteiger partial charge in [-0.3, -0.25) is 13.9 Å². The molecule has 0 aliphatic heterocycles. The van der Waals surface area contributed by atoms with Crippen molar-refractivity contribution >= 4 is 43.5 Å². The van der Waals surface area contributed by atoms with Gasteiger partial charge in [0.1, 0.15) is 12.6 Å². The molecule has 1 unspecified atom stereocenters. The van der Waals surface area contributed by atoms with E-state index >= 15 is 0 Å². The molecule has 0 heterocycles. The number of amides is 2. The molecule has 2 rings (SSSR count). The lowest BCUT2D eigenvalue weighted by Crippen LogP contribution is -2.52. The normalized spacial score (nSPS) is 12.2. The second-order valence-corrected chi connectivity index (χ2v) is 10.8. The zero-order valence-electron chi connectivity index (χ0n) is 19.5. The van der Waals surface area contributed by atoms with Gasteiger partial charge in [0.25, 0.3) is 0 Å². The van der Waals surface area contributed by atoms with E-state index in [4.69, 9.17) is 0 Å². The van der Waals surface area contributed by atoms with Crippen LogP contribution < -0.4 is 9.62 Å². The van der Waals surface area contributed by atoms with Crippen LogP contribution in [0.1, 0.15) is 31.4 Å². The van der Waals surface area contributed by atoms with E-state index in [9.17, 15) is 18.0 Å². The van der Waals surface area contributed by atoms with Gasteiger partial charge in [-0.1, -0.05) is 53.2 Å². The Balaban J connectivity index is 2.31. The van der Waals surface area contributed by atoms with Crippen LogP contribution in [0, 0.1) is 6.92 Å². The third-order valence-electron chi connectivity index (χ3n) is 5.31. The van der Waals surface area contributed by atoms with E-state index in [0.717, 1.165) is 32.6 Å². The van der Waals surface area contributed by atoms with Crippen LogP contribution in [0.2, 0.25) is 0 Å². The summed E-state index contributed by atoms with van der Waals surface area (Å²) in [5.41, 5.74) is 2.28. The maximum absolute atomic E-state index is 13.4. The summed E-state index contributed by atoms with van der Waals surface area (Å²) in [6.45, 7) is 5.89. The fourth-order valence-corrected chi connectivity index (χ4v) is 4.45. The fraction of sp³-hybridized carbons (Fsp3) is 0.417. The smallest absolute Gasteiger partial charge is 0.244 e. The Morgan fingerprint density at radius 2 is 1.79 bits per heavy atom. The standard InChI is InChI=1S/C24H32BrN3O4S/c1-5-14-26-24(30)19(3)27(15-13-20-9-7-6-8-10-20)23(29)17-28(33(4,31)32)21-11-12-22(25)18(2)16-21/h6-12,16,19H,5,13-15,17H2,1-4H3,(H,26,30). The van der Waals surface area contributed by atoms with E-state index in [1.807, 2.05) is 44.2 Å². The highest BCUT2D eigenvalue weighted by Crippen LogP contribution is 2.25. The molecule has 0 saturated heterocycles. The molecule has 1 N–H and O–H groups in total. The summed E-state index contributed by atoms with van der Waals surface area (Å²) in [4.78, 5) is 27.5. The second kappa shape index (κ2) is 12.2. The maximum atomic E-state index is 13.4. The van der Waals surface area contributed by atoms with Crippen molar-refractivity contribution < 1.29 is 18.0 Å². The molecular formula is C24H32BrN3O4S. The third kappa shape index (κ3) is 7.85. The molecule has 0 aromatic heterocycles. The highest BCUT2D eigenvalue weighted by molar-refractivity contribution is 9.10. The minimum absolute atomic E-state index is 0.261. The summed E-state index contributed by atoms with van der Waals surface area (Å²) in [6, 6.07) is 14.0. The number of benzene rings is 2. The number of nitrogens with zero attached hydrogens (tertiary/aromatic N) is 2. The Morgan fingerprint density at radius 1 is 1.12 bits per heavy atom. The minimum Gasteiger partial charge on any atom is -0.354 e. The fourth-order valence-electron chi connectivity index (χ4n) is 3.36. The minimum atomic E-state index is -3.73. The first-order valence-corrected chi connectivity index (χ1v) is 13.5. The highest BCUT2D eigenvalue weighted by atomic mass is 79.9. The van der Waals surface area contributed by atoms with Crippen molar-refractivity contribution in [1.29, 1.82) is 0 Å². The average Bonchev–Trinajstić information content (AvgIpc) is 2.77. The molecule has 0 saturated carbocycles. The summed E-state index contributed by atoms with van der Waals surface area (Å²) < 4.78 is 27.1. The molecule has 0 bridgehead atoms. The van der Waals surface area contributed by atoms with Gasteiger partial charge in [-0.2, -0.15) is 0 Å². The summed E-state index contributed by atoms with van der Waals surface area (Å²) in [5, 5.41) is 2.82. The number of hydrogen-bond acceptors (Lipinski definition) is 4. The molecule has 0 spiro atoms. The van der Waals surface area contributed by atoms with E-state index in [1.54, 1.807) is 25.1 Å². The van der Waals surface area contributed by atoms with Crippen LogP contribution in [0.4, 0.5) is 5.69 Å². The first-order chi connectivity index (χ1) is 15.5. The molecule has 180 valence electrons. The number of carbonyl (C=O) groups excluding carboxylic acids is 2. The van der Waals surface area contributed by atoms with Crippen molar-refractivity contribution in [2.75, 3.05) is 30.2 Å². The van der Waals surface area contributed by atoms with Crippen LogP contribution in [0.25, 0.3) is 0 Å². The molecule has 2 aromatic carbocycles. The Morgan fingerprint density at radius 3 is 2.36 bits per heavy atom. The van der Waals surface area contributed by atoms with Gasteiger partial charge in [0.2, 0.25) is 21.8 Å². The number of anilines is 1. The number of rotatable bonds is 11. The molecule has 9 heteroatoms. The lowest BCUT2D eigenvalue weighted by atomic mass is 10.1. The van der Waals surface area contributed by atoms with Crippen LogP contribution in [-0.4, -0.2) is 57.1 Å². The van der Waals surface area contributed by atoms with Gasteiger partial charge in [-0.15, -0.1) is 0 Å². The van der Waals surface area contributed by atoms with Crippen molar-refractivity contribution in [2.45, 2.75) is 39.7 Å². The van der Waals surface area contributed by atoms with Crippen LogP contribution >= 0.6 is 15.9 Å². The lowest BCUT2D eigenvalue weighted by molar-refractivity contribution is -0.138. The Bertz CT molecular complexity index is 1060. The van der Waals surface area contributed by atoms with Crippen molar-refractivity contribution in [1.82, 2.24) is 10.2 Å². The molecule has 2 aromatic rings. The Kier molecular flexibility index (Phi) is 9.91. The first kappa shape index (κ1) is 26.9. The number of carbonyl (C=O) groups is 2. The first-order valence-electron chi connectivity index (χ1n) is 10.9. The zero-order chi connectivity index (χ0) is 24.6. The van der Waals surface area contributed by atoms with Crippen molar-refractivity contribution in [3.8, 4) is 0 Å².